The third-order valence-corrected chi connectivity index (χ3v) is 6.19. The molecule has 31 heavy (non-hydrogen) atoms. The Morgan fingerprint density at radius 3 is 2.81 bits per heavy atom. The smallest absolute Gasteiger partial charge is 0.138 e. The summed E-state index contributed by atoms with van der Waals surface area (Å²) < 4.78 is 15.4. The summed E-state index contributed by atoms with van der Waals surface area (Å²) in [5.74, 6) is 0.807. The molecular weight excluding hydrogens is 391 g/mol. The van der Waals surface area contributed by atoms with Gasteiger partial charge in [-0.2, -0.15) is 5.10 Å². The Kier molecular flexibility index (Phi) is 5.42. The van der Waals surface area contributed by atoms with Crippen molar-refractivity contribution in [1.82, 2.24) is 25.1 Å². The van der Waals surface area contributed by atoms with Gasteiger partial charge in [0.1, 0.15) is 18.0 Å². The molecule has 160 valence electrons. The summed E-state index contributed by atoms with van der Waals surface area (Å²) in [4.78, 5) is 10.1. The van der Waals surface area contributed by atoms with Gasteiger partial charge in [0.05, 0.1) is 0 Å². The molecule has 0 radical (unpaired) electrons. The molecular formula is C24H27FN6. The maximum Gasteiger partial charge on any atom is 0.138 e. The summed E-state index contributed by atoms with van der Waals surface area (Å²) in [6.45, 7) is 2.99. The zero-order chi connectivity index (χ0) is 21.2. The van der Waals surface area contributed by atoms with Crippen LogP contribution in [0.2, 0.25) is 0 Å². The Morgan fingerprint density at radius 1 is 1.13 bits per heavy atom. The number of rotatable bonds is 6. The zero-order valence-corrected chi connectivity index (χ0v) is 17.7. The quantitative estimate of drug-likeness (QED) is 0.499. The predicted molar refractivity (Wildman–Crippen MR) is 122 cm³/mol. The number of aromatic nitrogens is 4. The van der Waals surface area contributed by atoms with Crippen molar-refractivity contribution in [3.63, 3.8) is 0 Å². The van der Waals surface area contributed by atoms with Gasteiger partial charge in [0, 0.05) is 61.4 Å². The molecule has 1 aliphatic rings. The predicted octanol–water partition coefficient (Wildman–Crippen LogP) is 3.90. The van der Waals surface area contributed by atoms with E-state index in [1.165, 1.54) is 11.8 Å². The van der Waals surface area contributed by atoms with Crippen LogP contribution in [0, 0.1) is 5.82 Å². The SMILES string of the molecule is Cn1ncnc1CCNC1CCN(c2cccc(-c3cc4cc(F)ccc4[nH]3)c2)CC1. The number of hydrogen-bond donors (Lipinski definition) is 2. The van der Waals surface area contributed by atoms with Crippen molar-refractivity contribution in [2.45, 2.75) is 25.3 Å². The number of aryl methyl sites for hydroxylation is 1. The summed E-state index contributed by atoms with van der Waals surface area (Å²) in [7, 11) is 1.93. The molecule has 1 saturated heterocycles. The van der Waals surface area contributed by atoms with Gasteiger partial charge in [-0.3, -0.25) is 4.68 Å². The maximum absolute atomic E-state index is 13.5. The van der Waals surface area contributed by atoms with Gasteiger partial charge < -0.3 is 15.2 Å². The molecule has 0 atom stereocenters. The molecule has 1 fully saturated rings. The Bertz CT molecular complexity index is 1170. The molecule has 5 rings (SSSR count). The largest absolute Gasteiger partial charge is 0.371 e. The fraction of sp³-hybridized carbons (Fsp3) is 0.333. The maximum atomic E-state index is 13.5. The Hall–Kier alpha value is -3.19. The van der Waals surface area contributed by atoms with Crippen molar-refractivity contribution in [2.75, 3.05) is 24.5 Å². The highest BCUT2D eigenvalue weighted by Gasteiger charge is 2.19. The van der Waals surface area contributed by atoms with E-state index in [2.05, 4.69) is 49.5 Å². The third kappa shape index (κ3) is 4.32. The first-order valence-electron chi connectivity index (χ1n) is 10.9. The van der Waals surface area contributed by atoms with Crippen molar-refractivity contribution in [2.24, 2.45) is 7.05 Å². The van der Waals surface area contributed by atoms with Crippen molar-refractivity contribution in [3.05, 3.63) is 66.5 Å². The average molecular weight is 419 g/mol. The summed E-state index contributed by atoms with van der Waals surface area (Å²) >= 11 is 0. The van der Waals surface area contributed by atoms with Gasteiger partial charge in [-0.05, 0) is 54.8 Å². The van der Waals surface area contributed by atoms with Gasteiger partial charge in [-0.1, -0.05) is 12.1 Å². The first-order chi connectivity index (χ1) is 15.2. The number of nitrogens with one attached hydrogen (secondary N) is 2. The van der Waals surface area contributed by atoms with E-state index in [1.54, 1.807) is 18.5 Å². The van der Waals surface area contributed by atoms with Crippen LogP contribution < -0.4 is 10.2 Å². The number of aromatic amines is 1. The van der Waals surface area contributed by atoms with E-state index in [-0.39, 0.29) is 5.82 Å². The molecule has 2 aromatic carbocycles. The van der Waals surface area contributed by atoms with Crippen molar-refractivity contribution in [3.8, 4) is 11.3 Å². The number of fused-ring (bicyclic) bond motifs is 1. The molecule has 2 N–H and O–H groups in total. The molecule has 0 bridgehead atoms. The summed E-state index contributed by atoms with van der Waals surface area (Å²) in [6.07, 6.45) is 4.74. The van der Waals surface area contributed by atoms with Crippen molar-refractivity contribution in [1.29, 1.82) is 0 Å². The minimum Gasteiger partial charge on any atom is -0.371 e. The van der Waals surface area contributed by atoms with Crippen LogP contribution in [-0.4, -0.2) is 45.4 Å². The van der Waals surface area contributed by atoms with Crippen LogP contribution in [-0.2, 0) is 13.5 Å². The number of halogens is 1. The van der Waals surface area contributed by atoms with Crippen molar-refractivity contribution < 1.29 is 4.39 Å². The van der Waals surface area contributed by atoms with E-state index < -0.39 is 0 Å². The highest BCUT2D eigenvalue weighted by molar-refractivity contribution is 5.86. The zero-order valence-electron chi connectivity index (χ0n) is 17.7. The first-order valence-corrected chi connectivity index (χ1v) is 10.9. The second-order valence-corrected chi connectivity index (χ2v) is 8.23. The Morgan fingerprint density at radius 2 is 2.00 bits per heavy atom. The molecule has 0 saturated carbocycles. The molecule has 1 aliphatic heterocycles. The molecule has 4 aromatic rings. The summed E-state index contributed by atoms with van der Waals surface area (Å²) in [5, 5.41) is 8.69. The van der Waals surface area contributed by atoms with Crippen LogP contribution in [0.3, 0.4) is 0 Å². The lowest BCUT2D eigenvalue weighted by Crippen LogP contribution is -2.43. The van der Waals surface area contributed by atoms with E-state index in [9.17, 15) is 4.39 Å². The summed E-state index contributed by atoms with van der Waals surface area (Å²) in [5.41, 5.74) is 4.33. The number of piperidine rings is 1. The number of anilines is 1. The van der Waals surface area contributed by atoms with Gasteiger partial charge in [0.25, 0.3) is 0 Å². The van der Waals surface area contributed by atoms with Gasteiger partial charge in [0.2, 0.25) is 0 Å². The molecule has 7 heteroatoms. The number of hydrogen-bond acceptors (Lipinski definition) is 4. The van der Waals surface area contributed by atoms with Gasteiger partial charge in [0.15, 0.2) is 0 Å². The lowest BCUT2D eigenvalue weighted by Gasteiger charge is -2.34. The average Bonchev–Trinajstić information content (AvgIpc) is 3.40. The van der Waals surface area contributed by atoms with Crippen molar-refractivity contribution >= 4 is 16.6 Å². The van der Waals surface area contributed by atoms with Gasteiger partial charge >= 0.3 is 0 Å². The van der Waals surface area contributed by atoms with Crippen LogP contribution in [0.25, 0.3) is 22.2 Å². The molecule has 2 aromatic heterocycles. The van der Waals surface area contributed by atoms with Crippen LogP contribution >= 0.6 is 0 Å². The van der Waals surface area contributed by atoms with E-state index in [0.29, 0.717) is 6.04 Å². The normalized spacial score (nSPS) is 15.1. The second kappa shape index (κ2) is 8.51. The molecule has 0 amide bonds. The Labute approximate surface area is 181 Å². The minimum absolute atomic E-state index is 0.208. The van der Waals surface area contributed by atoms with Crippen LogP contribution in [0.4, 0.5) is 10.1 Å². The van der Waals surface area contributed by atoms with E-state index >= 15 is 0 Å². The lowest BCUT2D eigenvalue weighted by atomic mass is 10.0. The number of nitrogens with zero attached hydrogens (tertiary/aromatic N) is 4. The number of benzene rings is 2. The first kappa shape index (κ1) is 19.8. The number of H-pyrrole nitrogens is 1. The minimum atomic E-state index is -0.208. The van der Waals surface area contributed by atoms with Crippen LogP contribution in [0.1, 0.15) is 18.7 Å². The molecule has 0 spiro atoms. The molecule has 0 unspecified atom stereocenters. The summed E-state index contributed by atoms with van der Waals surface area (Å²) in [6, 6.07) is 16.0. The van der Waals surface area contributed by atoms with E-state index in [0.717, 1.165) is 66.9 Å². The van der Waals surface area contributed by atoms with Gasteiger partial charge in [-0.15, -0.1) is 0 Å². The van der Waals surface area contributed by atoms with Crippen LogP contribution in [0.5, 0.6) is 0 Å². The fourth-order valence-electron chi connectivity index (χ4n) is 4.41. The van der Waals surface area contributed by atoms with E-state index in [1.807, 2.05) is 17.8 Å². The monoisotopic (exact) mass is 418 g/mol. The van der Waals surface area contributed by atoms with E-state index in [4.69, 9.17) is 0 Å². The van der Waals surface area contributed by atoms with Crippen LogP contribution in [0.15, 0.2) is 54.9 Å². The lowest BCUT2D eigenvalue weighted by molar-refractivity contribution is 0.415. The fourth-order valence-corrected chi connectivity index (χ4v) is 4.41. The standard InChI is InChI=1S/C24H27FN6/c1-30-24(27-16-28-30)7-10-26-20-8-11-31(12-9-20)21-4-2-3-17(14-21)23-15-18-13-19(25)5-6-22(18)29-23/h2-6,13-16,20,26,29H,7-12H2,1H3. The second-order valence-electron chi connectivity index (χ2n) is 8.23. The van der Waals surface area contributed by atoms with Gasteiger partial charge in [-0.25, -0.2) is 9.37 Å². The highest BCUT2D eigenvalue weighted by atomic mass is 19.1. The Balaban J connectivity index is 1.20. The molecule has 6 nitrogen and oxygen atoms in total. The molecule has 0 aliphatic carbocycles. The highest BCUT2D eigenvalue weighted by Crippen LogP contribution is 2.29. The molecule has 3 heterocycles. The topological polar surface area (TPSA) is 61.8 Å². The third-order valence-electron chi connectivity index (χ3n) is 6.19.